The molecule has 2 N–H and O–H groups in total. The zero-order valence-electron chi connectivity index (χ0n) is 14.9. The molecular weight excluding hydrogens is 362 g/mol. The monoisotopic (exact) mass is 381 g/mol. The van der Waals surface area contributed by atoms with E-state index in [0.717, 1.165) is 16.9 Å². The molecule has 0 aliphatic carbocycles. The Bertz CT molecular complexity index is 913. The summed E-state index contributed by atoms with van der Waals surface area (Å²) in [6, 6.07) is 18.5. The Kier molecular flexibility index (Phi) is 6.28. The van der Waals surface area contributed by atoms with Gasteiger partial charge in [0.15, 0.2) is 0 Å². The minimum Gasteiger partial charge on any atom is -0.496 e. The number of aromatic nitrogens is 1. The minimum absolute atomic E-state index is 0.160. The first kappa shape index (κ1) is 18.7. The van der Waals surface area contributed by atoms with Gasteiger partial charge in [-0.2, -0.15) is 0 Å². The van der Waals surface area contributed by atoms with E-state index in [1.54, 1.807) is 37.6 Å². The molecular formula is C21H20ClN3O2. The number of hydrogen-bond acceptors (Lipinski definition) is 4. The third kappa shape index (κ3) is 5.21. The van der Waals surface area contributed by atoms with Crippen LogP contribution in [0, 0.1) is 0 Å². The molecule has 0 bridgehead atoms. The highest BCUT2D eigenvalue weighted by Crippen LogP contribution is 2.18. The van der Waals surface area contributed by atoms with Crippen LogP contribution in [0.15, 0.2) is 66.9 Å². The molecule has 0 fully saturated rings. The van der Waals surface area contributed by atoms with Crippen molar-refractivity contribution in [2.75, 3.05) is 12.4 Å². The Hall–Kier alpha value is -3.05. The highest BCUT2D eigenvalue weighted by Gasteiger charge is 2.08. The molecule has 3 aromatic rings. The lowest BCUT2D eigenvalue weighted by Crippen LogP contribution is -2.23. The van der Waals surface area contributed by atoms with Gasteiger partial charge in [-0.05, 0) is 35.9 Å². The number of methoxy groups -OCH3 is 1. The molecule has 2 aromatic carbocycles. The molecule has 27 heavy (non-hydrogen) atoms. The number of anilines is 1. The van der Waals surface area contributed by atoms with Gasteiger partial charge in [-0.3, -0.25) is 4.79 Å². The van der Waals surface area contributed by atoms with Crippen LogP contribution in [-0.4, -0.2) is 18.0 Å². The van der Waals surface area contributed by atoms with E-state index in [2.05, 4.69) is 15.6 Å². The zero-order chi connectivity index (χ0) is 19.1. The number of nitrogens with one attached hydrogen (secondary N) is 2. The third-order valence-corrected chi connectivity index (χ3v) is 4.29. The van der Waals surface area contributed by atoms with Crippen LogP contribution in [-0.2, 0) is 13.1 Å². The van der Waals surface area contributed by atoms with Gasteiger partial charge in [0.2, 0.25) is 0 Å². The summed E-state index contributed by atoms with van der Waals surface area (Å²) in [5.41, 5.74) is 2.54. The maximum Gasteiger partial charge on any atom is 0.251 e. The van der Waals surface area contributed by atoms with Crippen molar-refractivity contribution in [2.45, 2.75) is 13.1 Å². The predicted octanol–water partition coefficient (Wildman–Crippen LogP) is 4.29. The Balaban J connectivity index is 1.60. The van der Waals surface area contributed by atoms with E-state index in [1.807, 2.05) is 36.4 Å². The average Bonchev–Trinajstić information content (AvgIpc) is 2.72. The van der Waals surface area contributed by atoms with Crippen LogP contribution in [0.1, 0.15) is 21.5 Å². The van der Waals surface area contributed by atoms with Crippen LogP contribution in [0.2, 0.25) is 5.02 Å². The van der Waals surface area contributed by atoms with E-state index in [4.69, 9.17) is 16.3 Å². The maximum atomic E-state index is 12.4. The second kappa shape index (κ2) is 9.05. The highest BCUT2D eigenvalue weighted by atomic mass is 35.5. The number of para-hydroxylation sites is 1. The van der Waals surface area contributed by atoms with Gasteiger partial charge >= 0.3 is 0 Å². The van der Waals surface area contributed by atoms with Crippen molar-refractivity contribution < 1.29 is 9.53 Å². The van der Waals surface area contributed by atoms with Crippen LogP contribution in [0.5, 0.6) is 5.75 Å². The summed E-state index contributed by atoms with van der Waals surface area (Å²) < 4.78 is 5.34. The molecule has 3 rings (SSSR count). The Morgan fingerprint density at radius 2 is 1.85 bits per heavy atom. The van der Waals surface area contributed by atoms with E-state index in [0.29, 0.717) is 29.5 Å². The molecule has 1 heterocycles. The minimum atomic E-state index is -0.160. The van der Waals surface area contributed by atoms with Crippen LogP contribution in [0.3, 0.4) is 0 Å². The molecule has 1 amide bonds. The first-order chi connectivity index (χ1) is 13.2. The molecule has 138 valence electrons. The Morgan fingerprint density at radius 1 is 1.07 bits per heavy atom. The van der Waals surface area contributed by atoms with E-state index in [-0.39, 0.29) is 5.91 Å². The molecule has 1 aromatic heterocycles. The molecule has 0 aliphatic rings. The number of carbonyl (C=O) groups excluding carboxylic acids is 1. The third-order valence-electron chi connectivity index (χ3n) is 4.04. The molecule has 0 atom stereocenters. The second-order valence-corrected chi connectivity index (χ2v) is 6.34. The standard InChI is InChI=1S/C21H20ClN3O2/c1-27-19-5-3-2-4-17(19)14-24-20-12-16(10-11-23-20)21(26)25-13-15-6-8-18(22)9-7-15/h2-12H,13-14H2,1H3,(H,23,24)(H,25,26). The Morgan fingerprint density at radius 3 is 2.63 bits per heavy atom. The number of rotatable bonds is 7. The number of nitrogens with zero attached hydrogens (tertiary/aromatic N) is 1. The fraction of sp³-hybridized carbons (Fsp3) is 0.143. The van der Waals surface area contributed by atoms with Crippen molar-refractivity contribution in [3.8, 4) is 5.75 Å². The van der Waals surface area contributed by atoms with Gasteiger partial charge in [0.1, 0.15) is 11.6 Å². The van der Waals surface area contributed by atoms with Crippen molar-refractivity contribution in [1.29, 1.82) is 0 Å². The number of amides is 1. The fourth-order valence-corrected chi connectivity index (χ4v) is 2.72. The van der Waals surface area contributed by atoms with Gasteiger partial charge in [-0.25, -0.2) is 4.98 Å². The second-order valence-electron chi connectivity index (χ2n) is 5.90. The molecule has 0 radical (unpaired) electrons. The van der Waals surface area contributed by atoms with E-state index < -0.39 is 0 Å². The maximum absolute atomic E-state index is 12.4. The highest BCUT2D eigenvalue weighted by molar-refractivity contribution is 6.30. The predicted molar refractivity (Wildman–Crippen MR) is 107 cm³/mol. The number of hydrogen-bond donors (Lipinski definition) is 2. The topological polar surface area (TPSA) is 63.2 Å². The van der Waals surface area contributed by atoms with E-state index in [9.17, 15) is 4.79 Å². The first-order valence-electron chi connectivity index (χ1n) is 8.50. The molecule has 0 spiro atoms. The van der Waals surface area contributed by atoms with E-state index in [1.165, 1.54) is 0 Å². The number of ether oxygens (including phenoxy) is 1. The van der Waals surface area contributed by atoms with Crippen LogP contribution < -0.4 is 15.4 Å². The number of halogens is 1. The SMILES string of the molecule is COc1ccccc1CNc1cc(C(=O)NCc2ccc(Cl)cc2)ccn1. The summed E-state index contributed by atoms with van der Waals surface area (Å²) in [7, 11) is 1.64. The number of carbonyl (C=O) groups is 1. The van der Waals surface area contributed by atoms with Gasteiger partial charge in [-0.15, -0.1) is 0 Å². The average molecular weight is 382 g/mol. The van der Waals surface area contributed by atoms with Gasteiger partial charge in [0.25, 0.3) is 5.91 Å². The Labute approximate surface area is 163 Å². The molecule has 6 heteroatoms. The smallest absolute Gasteiger partial charge is 0.251 e. The fourth-order valence-electron chi connectivity index (χ4n) is 2.59. The molecule has 0 saturated carbocycles. The first-order valence-corrected chi connectivity index (χ1v) is 8.88. The summed E-state index contributed by atoms with van der Waals surface area (Å²) in [5, 5.41) is 6.79. The summed E-state index contributed by atoms with van der Waals surface area (Å²) in [4.78, 5) is 16.7. The molecule has 0 aliphatic heterocycles. The summed E-state index contributed by atoms with van der Waals surface area (Å²) in [5.74, 6) is 1.27. The van der Waals surface area contributed by atoms with Crippen LogP contribution >= 0.6 is 11.6 Å². The van der Waals surface area contributed by atoms with Crippen molar-refractivity contribution >= 4 is 23.3 Å². The number of pyridine rings is 1. The van der Waals surface area contributed by atoms with Gasteiger partial charge in [0, 0.05) is 35.4 Å². The number of benzene rings is 2. The lowest BCUT2D eigenvalue weighted by molar-refractivity contribution is 0.0951. The largest absolute Gasteiger partial charge is 0.496 e. The lowest BCUT2D eigenvalue weighted by Gasteiger charge is -2.11. The van der Waals surface area contributed by atoms with Crippen LogP contribution in [0.25, 0.3) is 0 Å². The zero-order valence-corrected chi connectivity index (χ0v) is 15.7. The van der Waals surface area contributed by atoms with Gasteiger partial charge in [0.05, 0.1) is 7.11 Å². The molecule has 5 nitrogen and oxygen atoms in total. The van der Waals surface area contributed by atoms with Crippen molar-refractivity contribution in [3.05, 3.63) is 88.6 Å². The molecule has 0 saturated heterocycles. The van der Waals surface area contributed by atoms with Gasteiger partial charge < -0.3 is 15.4 Å². The lowest BCUT2D eigenvalue weighted by atomic mass is 10.2. The summed E-state index contributed by atoms with van der Waals surface area (Å²) >= 11 is 5.87. The normalized spacial score (nSPS) is 10.3. The van der Waals surface area contributed by atoms with Crippen molar-refractivity contribution in [2.24, 2.45) is 0 Å². The van der Waals surface area contributed by atoms with E-state index >= 15 is 0 Å². The summed E-state index contributed by atoms with van der Waals surface area (Å²) in [6.07, 6.45) is 1.61. The van der Waals surface area contributed by atoms with Crippen molar-refractivity contribution in [1.82, 2.24) is 10.3 Å². The quantitative estimate of drug-likeness (QED) is 0.641. The van der Waals surface area contributed by atoms with Crippen LogP contribution in [0.4, 0.5) is 5.82 Å². The summed E-state index contributed by atoms with van der Waals surface area (Å²) in [6.45, 7) is 0.981. The van der Waals surface area contributed by atoms with Gasteiger partial charge in [-0.1, -0.05) is 41.9 Å². The molecule has 0 unspecified atom stereocenters. The van der Waals surface area contributed by atoms with Crippen molar-refractivity contribution in [3.63, 3.8) is 0 Å².